The van der Waals surface area contributed by atoms with E-state index >= 15 is 0 Å². The molecular weight excluding hydrogens is 368 g/mol. The first-order valence-corrected chi connectivity index (χ1v) is 11.0. The van der Waals surface area contributed by atoms with E-state index in [0.717, 1.165) is 28.7 Å². The summed E-state index contributed by atoms with van der Waals surface area (Å²) in [6.07, 6.45) is 0.106. The Labute approximate surface area is 179 Å². The van der Waals surface area contributed by atoms with E-state index in [4.69, 9.17) is 9.97 Å². The van der Waals surface area contributed by atoms with Gasteiger partial charge >= 0.3 is 0 Å². The molecule has 3 aromatic rings. The van der Waals surface area contributed by atoms with E-state index in [-0.39, 0.29) is 11.6 Å². The molecule has 5 rings (SSSR count). The van der Waals surface area contributed by atoms with Crippen molar-refractivity contribution < 1.29 is 0 Å². The van der Waals surface area contributed by atoms with E-state index in [9.17, 15) is 0 Å². The Morgan fingerprint density at radius 1 is 0.733 bits per heavy atom. The Bertz CT molecular complexity index is 1070. The van der Waals surface area contributed by atoms with Crippen molar-refractivity contribution in [1.82, 2.24) is 9.97 Å². The highest BCUT2D eigenvalue weighted by atomic mass is 15.5. The standard InChI is InChI=1S/C26H30N4/c1-16(2)21-22(17(3)4)28-24-23(27-21)29(18-12-8-7-9-13-18)25-26(5,6)19-14-10-11-15-20(19)30(24)25/h7-17,25H,1-6H3. The van der Waals surface area contributed by atoms with Crippen LogP contribution < -0.4 is 9.80 Å². The summed E-state index contributed by atoms with van der Waals surface area (Å²) in [6.45, 7) is 13.5. The second-order valence-electron chi connectivity index (χ2n) is 9.64. The van der Waals surface area contributed by atoms with Crippen LogP contribution in [0.2, 0.25) is 0 Å². The van der Waals surface area contributed by atoms with Gasteiger partial charge in [0.15, 0.2) is 11.6 Å². The molecule has 1 unspecified atom stereocenters. The second-order valence-corrected chi connectivity index (χ2v) is 9.64. The average Bonchev–Trinajstić information content (AvgIpc) is 3.19. The van der Waals surface area contributed by atoms with Gasteiger partial charge in [0.1, 0.15) is 6.17 Å². The van der Waals surface area contributed by atoms with Crippen molar-refractivity contribution in [2.75, 3.05) is 9.80 Å². The van der Waals surface area contributed by atoms with Gasteiger partial charge in [0.2, 0.25) is 0 Å². The van der Waals surface area contributed by atoms with Crippen LogP contribution in [-0.4, -0.2) is 16.1 Å². The van der Waals surface area contributed by atoms with Crippen molar-refractivity contribution >= 4 is 23.0 Å². The first kappa shape index (κ1) is 19.1. The Hall–Kier alpha value is -2.88. The van der Waals surface area contributed by atoms with Crippen molar-refractivity contribution in [3.8, 4) is 0 Å². The molecule has 0 bridgehead atoms. The van der Waals surface area contributed by atoms with Gasteiger partial charge < -0.3 is 9.80 Å². The van der Waals surface area contributed by atoms with Crippen molar-refractivity contribution in [1.29, 1.82) is 0 Å². The summed E-state index contributed by atoms with van der Waals surface area (Å²) < 4.78 is 0. The molecule has 2 aliphatic rings. The number of hydrogen-bond acceptors (Lipinski definition) is 4. The maximum Gasteiger partial charge on any atom is 0.179 e. The molecule has 4 heteroatoms. The summed E-state index contributed by atoms with van der Waals surface area (Å²) in [6, 6.07) is 19.4. The lowest BCUT2D eigenvalue weighted by Crippen LogP contribution is -2.46. The van der Waals surface area contributed by atoms with Gasteiger partial charge in [-0.3, -0.25) is 0 Å². The summed E-state index contributed by atoms with van der Waals surface area (Å²) in [7, 11) is 0. The molecule has 0 fully saturated rings. The summed E-state index contributed by atoms with van der Waals surface area (Å²) in [5.74, 6) is 2.61. The minimum Gasteiger partial charge on any atom is -0.301 e. The van der Waals surface area contributed by atoms with Gasteiger partial charge in [-0.1, -0.05) is 77.9 Å². The van der Waals surface area contributed by atoms with E-state index in [0.29, 0.717) is 11.8 Å². The fourth-order valence-corrected chi connectivity index (χ4v) is 5.07. The molecule has 0 saturated heterocycles. The first-order valence-electron chi connectivity index (χ1n) is 11.0. The van der Waals surface area contributed by atoms with Crippen LogP contribution in [0.25, 0.3) is 0 Å². The molecule has 1 atom stereocenters. The Morgan fingerprint density at radius 2 is 1.27 bits per heavy atom. The van der Waals surface area contributed by atoms with Crippen LogP contribution in [0.15, 0.2) is 54.6 Å². The maximum atomic E-state index is 5.28. The van der Waals surface area contributed by atoms with E-state index in [1.807, 2.05) is 0 Å². The Balaban J connectivity index is 1.83. The van der Waals surface area contributed by atoms with Gasteiger partial charge in [-0.15, -0.1) is 0 Å². The molecule has 2 aromatic carbocycles. The summed E-state index contributed by atoms with van der Waals surface area (Å²) in [5, 5.41) is 0. The smallest absolute Gasteiger partial charge is 0.179 e. The molecule has 2 aliphatic heterocycles. The van der Waals surface area contributed by atoms with Crippen LogP contribution in [0.3, 0.4) is 0 Å². The molecule has 3 heterocycles. The van der Waals surface area contributed by atoms with Gasteiger partial charge in [0, 0.05) is 16.8 Å². The highest BCUT2D eigenvalue weighted by Crippen LogP contribution is 2.58. The number of para-hydroxylation sites is 2. The van der Waals surface area contributed by atoms with Crippen molar-refractivity contribution in [2.45, 2.75) is 65.0 Å². The molecule has 0 spiro atoms. The molecule has 4 nitrogen and oxygen atoms in total. The van der Waals surface area contributed by atoms with Crippen molar-refractivity contribution in [3.63, 3.8) is 0 Å². The van der Waals surface area contributed by atoms with E-state index in [1.54, 1.807) is 0 Å². The zero-order chi connectivity index (χ0) is 21.2. The van der Waals surface area contributed by atoms with Gasteiger partial charge in [0.05, 0.1) is 11.4 Å². The summed E-state index contributed by atoms with van der Waals surface area (Å²) in [5.41, 5.74) is 5.91. The summed E-state index contributed by atoms with van der Waals surface area (Å²) >= 11 is 0. The first-order chi connectivity index (χ1) is 14.3. The van der Waals surface area contributed by atoms with Crippen LogP contribution >= 0.6 is 0 Å². The predicted octanol–water partition coefficient (Wildman–Crippen LogP) is 6.63. The highest BCUT2D eigenvalue weighted by molar-refractivity contribution is 5.88. The largest absolute Gasteiger partial charge is 0.301 e. The highest BCUT2D eigenvalue weighted by Gasteiger charge is 2.55. The quantitative estimate of drug-likeness (QED) is 0.495. The third-order valence-corrected chi connectivity index (χ3v) is 6.49. The number of hydrogen-bond donors (Lipinski definition) is 0. The number of rotatable bonds is 3. The molecule has 154 valence electrons. The fraction of sp³-hybridized carbons (Fsp3) is 0.385. The monoisotopic (exact) mass is 398 g/mol. The van der Waals surface area contributed by atoms with Gasteiger partial charge in [-0.25, -0.2) is 9.97 Å². The number of nitrogens with zero attached hydrogens (tertiary/aromatic N) is 4. The third kappa shape index (κ3) is 2.52. The molecule has 0 radical (unpaired) electrons. The van der Waals surface area contributed by atoms with Crippen molar-refractivity contribution in [2.24, 2.45) is 0 Å². The van der Waals surface area contributed by atoms with E-state index in [2.05, 4.69) is 106 Å². The SMILES string of the molecule is CC(C)c1nc2c(nc1C(C)C)N1c3ccccc3C(C)(C)C1N2c1ccccc1. The molecule has 30 heavy (non-hydrogen) atoms. The molecule has 0 aliphatic carbocycles. The number of aromatic nitrogens is 2. The zero-order valence-electron chi connectivity index (χ0n) is 18.7. The van der Waals surface area contributed by atoms with Gasteiger partial charge in [0.25, 0.3) is 0 Å². The van der Waals surface area contributed by atoms with Crippen LogP contribution in [0, 0.1) is 0 Å². The molecule has 0 saturated carbocycles. The fourth-order valence-electron chi connectivity index (χ4n) is 5.07. The average molecular weight is 399 g/mol. The Kier molecular flexibility index (Phi) is 4.18. The number of fused-ring (bicyclic) bond motifs is 5. The lowest BCUT2D eigenvalue weighted by Gasteiger charge is -2.36. The second kappa shape index (κ2) is 6.56. The van der Waals surface area contributed by atoms with Crippen LogP contribution in [0.4, 0.5) is 23.0 Å². The third-order valence-electron chi connectivity index (χ3n) is 6.49. The number of benzene rings is 2. The topological polar surface area (TPSA) is 32.3 Å². The Morgan fingerprint density at radius 3 is 1.87 bits per heavy atom. The molecular formula is C26H30N4. The number of anilines is 4. The van der Waals surface area contributed by atoms with Gasteiger partial charge in [-0.05, 0) is 35.6 Å². The lowest BCUT2D eigenvalue weighted by molar-refractivity contribution is 0.449. The minimum atomic E-state index is -0.0786. The van der Waals surface area contributed by atoms with Crippen molar-refractivity contribution in [3.05, 3.63) is 71.5 Å². The summed E-state index contributed by atoms with van der Waals surface area (Å²) in [4.78, 5) is 15.4. The van der Waals surface area contributed by atoms with E-state index < -0.39 is 0 Å². The van der Waals surface area contributed by atoms with Crippen LogP contribution in [0.5, 0.6) is 0 Å². The normalized spacial score (nSPS) is 18.7. The maximum absolute atomic E-state index is 5.28. The van der Waals surface area contributed by atoms with Crippen LogP contribution in [0.1, 0.15) is 70.3 Å². The zero-order valence-corrected chi connectivity index (χ0v) is 18.7. The lowest BCUT2D eigenvalue weighted by atomic mass is 9.83. The predicted molar refractivity (Wildman–Crippen MR) is 124 cm³/mol. The molecule has 1 aromatic heterocycles. The minimum absolute atomic E-state index is 0.0786. The van der Waals surface area contributed by atoms with E-state index in [1.165, 1.54) is 11.3 Å². The molecule has 0 amide bonds. The van der Waals surface area contributed by atoms with Gasteiger partial charge in [-0.2, -0.15) is 0 Å². The molecule has 0 N–H and O–H groups in total. The van der Waals surface area contributed by atoms with Crippen LogP contribution in [-0.2, 0) is 5.41 Å².